The molecule has 0 aliphatic heterocycles. The van der Waals surface area contributed by atoms with E-state index in [4.69, 9.17) is 10.7 Å². The highest BCUT2D eigenvalue weighted by Gasteiger charge is 2.21. The third-order valence-corrected chi connectivity index (χ3v) is 4.25. The molecule has 0 saturated heterocycles. The molecule has 0 radical (unpaired) electrons. The smallest absolute Gasteiger partial charge is 0.0976 e. The van der Waals surface area contributed by atoms with Crippen LogP contribution in [0.1, 0.15) is 40.0 Å². The van der Waals surface area contributed by atoms with E-state index in [1.807, 2.05) is 23.6 Å². The highest BCUT2D eigenvalue weighted by Crippen LogP contribution is 2.32. The van der Waals surface area contributed by atoms with Crippen molar-refractivity contribution in [3.05, 3.63) is 45.7 Å². The van der Waals surface area contributed by atoms with Crippen molar-refractivity contribution in [2.24, 2.45) is 5.73 Å². The summed E-state index contributed by atoms with van der Waals surface area (Å²) in [6, 6.07) is 4.21. The van der Waals surface area contributed by atoms with Crippen LogP contribution in [0.5, 0.6) is 0 Å². The molecule has 1 unspecified atom stereocenters. The zero-order valence-corrected chi connectivity index (χ0v) is 10.4. The fraction of sp³-hybridized carbons (Fsp3) is 0.385. The minimum atomic E-state index is 0.151. The second kappa shape index (κ2) is 4.55. The number of aromatic nitrogens is 2. The van der Waals surface area contributed by atoms with Crippen LogP contribution in [0, 0.1) is 0 Å². The van der Waals surface area contributed by atoms with Crippen LogP contribution in [0.4, 0.5) is 0 Å². The monoisotopic (exact) mass is 245 g/mol. The van der Waals surface area contributed by atoms with Crippen LogP contribution in [-0.2, 0) is 12.8 Å². The van der Waals surface area contributed by atoms with Gasteiger partial charge < -0.3 is 5.73 Å². The van der Waals surface area contributed by atoms with Crippen LogP contribution in [0.15, 0.2) is 24.5 Å². The number of pyridine rings is 1. The molecular weight excluding hydrogens is 230 g/mol. The van der Waals surface area contributed by atoms with Gasteiger partial charge >= 0.3 is 0 Å². The normalized spacial score (nSPS) is 19.0. The molecule has 3 nitrogen and oxygen atoms in total. The Bertz CT molecular complexity index is 507. The molecule has 1 atom stereocenters. The van der Waals surface area contributed by atoms with Crippen LogP contribution in [0.25, 0.3) is 0 Å². The lowest BCUT2D eigenvalue weighted by molar-refractivity contribution is 0.562. The third-order valence-electron chi connectivity index (χ3n) is 3.12. The molecule has 1 aliphatic carbocycles. The number of fused-ring (bicyclic) bond motifs is 1. The Morgan fingerprint density at radius 3 is 3.18 bits per heavy atom. The number of thiazole rings is 1. The minimum absolute atomic E-state index is 0.151. The summed E-state index contributed by atoms with van der Waals surface area (Å²) in [5, 5.41) is 1.17. The molecule has 3 rings (SSSR count). The average Bonchev–Trinajstić information content (AvgIpc) is 2.74. The van der Waals surface area contributed by atoms with Gasteiger partial charge in [-0.25, -0.2) is 4.98 Å². The van der Waals surface area contributed by atoms with E-state index in [1.165, 1.54) is 21.9 Å². The Hall–Kier alpha value is -1.26. The lowest BCUT2D eigenvalue weighted by Gasteiger charge is -2.15. The highest BCUT2D eigenvalue weighted by molar-refractivity contribution is 7.11. The molecule has 2 heterocycles. The van der Waals surface area contributed by atoms with Crippen LogP contribution in [0.3, 0.4) is 0 Å². The number of hydrogen-bond acceptors (Lipinski definition) is 4. The first-order valence-corrected chi connectivity index (χ1v) is 6.77. The van der Waals surface area contributed by atoms with Gasteiger partial charge in [0, 0.05) is 29.7 Å². The molecule has 0 aromatic carbocycles. The van der Waals surface area contributed by atoms with Gasteiger partial charge in [0.15, 0.2) is 0 Å². The van der Waals surface area contributed by atoms with E-state index >= 15 is 0 Å². The van der Waals surface area contributed by atoms with Crippen molar-refractivity contribution in [1.29, 1.82) is 0 Å². The summed E-state index contributed by atoms with van der Waals surface area (Å²) in [7, 11) is 0. The van der Waals surface area contributed by atoms with Crippen molar-refractivity contribution in [3.8, 4) is 0 Å². The topological polar surface area (TPSA) is 51.8 Å². The van der Waals surface area contributed by atoms with E-state index in [0.717, 1.165) is 25.0 Å². The zero-order chi connectivity index (χ0) is 11.7. The van der Waals surface area contributed by atoms with E-state index < -0.39 is 0 Å². The Kier molecular flexibility index (Phi) is 2.91. The van der Waals surface area contributed by atoms with E-state index in [9.17, 15) is 0 Å². The van der Waals surface area contributed by atoms with E-state index in [2.05, 4.69) is 11.1 Å². The summed E-state index contributed by atoms with van der Waals surface area (Å²) in [6.45, 7) is 0. The second-order valence-corrected chi connectivity index (χ2v) is 5.62. The van der Waals surface area contributed by atoms with E-state index in [-0.39, 0.29) is 6.04 Å². The van der Waals surface area contributed by atoms with Crippen LogP contribution in [0.2, 0.25) is 0 Å². The van der Waals surface area contributed by atoms with Crippen molar-refractivity contribution in [3.63, 3.8) is 0 Å². The second-order valence-electron chi connectivity index (χ2n) is 4.45. The summed E-state index contributed by atoms with van der Waals surface area (Å²) in [5.74, 6) is 0. The molecule has 88 valence electrons. The van der Waals surface area contributed by atoms with Gasteiger partial charge in [-0.3, -0.25) is 4.98 Å². The molecule has 0 saturated carbocycles. The van der Waals surface area contributed by atoms with Gasteiger partial charge in [0.25, 0.3) is 0 Å². The lowest BCUT2D eigenvalue weighted by Crippen LogP contribution is -2.16. The molecule has 0 bridgehead atoms. The number of nitrogens with zero attached hydrogens (tertiary/aromatic N) is 2. The van der Waals surface area contributed by atoms with Gasteiger partial charge in [0.1, 0.15) is 0 Å². The van der Waals surface area contributed by atoms with Crippen LogP contribution in [-0.4, -0.2) is 9.97 Å². The molecule has 4 heteroatoms. The Morgan fingerprint density at radius 2 is 2.41 bits per heavy atom. The Labute approximate surface area is 105 Å². The van der Waals surface area contributed by atoms with E-state index in [0.29, 0.717) is 0 Å². The first kappa shape index (κ1) is 10.9. The maximum absolute atomic E-state index is 6.08. The molecule has 0 amide bonds. The molecular formula is C13H15N3S. The number of nitrogens with two attached hydrogens (primary N) is 1. The average molecular weight is 245 g/mol. The first-order chi connectivity index (χ1) is 8.33. The number of rotatable bonds is 2. The predicted octanol–water partition coefficient (Wildman–Crippen LogP) is 2.47. The Balaban J connectivity index is 1.85. The third kappa shape index (κ3) is 2.23. The highest BCUT2D eigenvalue weighted by atomic mass is 32.1. The number of aryl methyl sites for hydroxylation is 1. The van der Waals surface area contributed by atoms with Crippen molar-refractivity contribution < 1.29 is 0 Å². The van der Waals surface area contributed by atoms with Crippen molar-refractivity contribution in [2.45, 2.75) is 31.7 Å². The molecule has 17 heavy (non-hydrogen) atoms. The fourth-order valence-electron chi connectivity index (χ4n) is 2.25. The molecule has 0 fully saturated rings. The van der Waals surface area contributed by atoms with Crippen LogP contribution >= 0.6 is 11.3 Å². The van der Waals surface area contributed by atoms with Crippen molar-refractivity contribution in [2.75, 3.05) is 0 Å². The molecule has 2 aromatic rings. The van der Waals surface area contributed by atoms with Crippen molar-refractivity contribution >= 4 is 11.3 Å². The maximum atomic E-state index is 6.08. The summed E-state index contributed by atoms with van der Waals surface area (Å²) in [4.78, 5) is 10.2. The van der Waals surface area contributed by atoms with Gasteiger partial charge in [0.2, 0.25) is 0 Å². The van der Waals surface area contributed by atoms with Gasteiger partial charge in [0.05, 0.1) is 10.7 Å². The van der Waals surface area contributed by atoms with Gasteiger partial charge in [-0.1, -0.05) is 6.07 Å². The van der Waals surface area contributed by atoms with Gasteiger partial charge in [-0.15, -0.1) is 11.3 Å². The maximum Gasteiger partial charge on any atom is 0.0976 e. The number of hydrogen-bond donors (Lipinski definition) is 1. The van der Waals surface area contributed by atoms with E-state index in [1.54, 1.807) is 6.20 Å². The predicted molar refractivity (Wildman–Crippen MR) is 69.0 cm³/mol. The fourth-order valence-corrected chi connectivity index (χ4v) is 3.47. The van der Waals surface area contributed by atoms with Crippen molar-refractivity contribution in [1.82, 2.24) is 9.97 Å². The standard InChI is InChI=1S/C13H15N3S/c14-10-4-1-5-11-13(10)16-12(17-11)7-9-3-2-6-15-8-9/h2-3,6,8,10H,1,4-5,7,14H2. The molecule has 2 aromatic heterocycles. The summed E-state index contributed by atoms with van der Waals surface area (Å²) < 4.78 is 0. The minimum Gasteiger partial charge on any atom is -0.323 e. The molecule has 2 N–H and O–H groups in total. The first-order valence-electron chi connectivity index (χ1n) is 5.96. The summed E-state index contributed by atoms with van der Waals surface area (Å²) in [5.41, 5.74) is 8.44. The lowest BCUT2D eigenvalue weighted by atomic mass is 9.99. The summed E-state index contributed by atoms with van der Waals surface area (Å²) in [6.07, 6.45) is 7.99. The molecule has 1 aliphatic rings. The zero-order valence-electron chi connectivity index (χ0n) is 9.60. The Morgan fingerprint density at radius 1 is 1.47 bits per heavy atom. The largest absolute Gasteiger partial charge is 0.323 e. The quantitative estimate of drug-likeness (QED) is 0.884. The van der Waals surface area contributed by atoms with Crippen LogP contribution < -0.4 is 5.73 Å². The molecule has 0 spiro atoms. The van der Waals surface area contributed by atoms with Gasteiger partial charge in [-0.05, 0) is 30.9 Å². The van der Waals surface area contributed by atoms with Gasteiger partial charge in [-0.2, -0.15) is 0 Å². The summed E-state index contributed by atoms with van der Waals surface area (Å²) >= 11 is 1.82. The SMILES string of the molecule is NC1CCCc2sc(Cc3cccnc3)nc21.